The lowest BCUT2D eigenvalue weighted by molar-refractivity contribution is -0.0768. The van der Waals surface area contributed by atoms with Gasteiger partial charge in [-0.15, -0.1) is 0 Å². The molecule has 0 amide bonds. The monoisotopic (exact) mass is 287 g/mol. The fourth-order valence-electron chi connectivity index (χ4n) is 2.12. The first kappa shape index (κ1) is 15.2. The first-order valence-electron chi connectivity index (χ1n) is 6.47. The minimum absolute atomic E-state index is 0.0875. The Kier molecular flexibility index (Phi) is 4.37. The zero-order valence-electron chi connectivity index (χ0n) is 11.3. The number of phenolic OH excluding ortho intramolecular Hbond substituents is 1. The van der Waals surface area contributed by atoms with Crippen molar-refractivity contribution in [1.29, 1.82) is 0 Å². The van der Waals surface area contributed by atoms with Crippen molar-refractivity contribution in [3.63, 3.8) is 0 Å². The zero-order valence-corrected chi connectivity index (χ0v) is 11.3. The standard InChI is InChI=1S/C16H17NO4/c17-16(21,13-8-12(10-18)6-7-14(13)19)15(20)9-11-4-2-1-3-5-11/h1-8,10,15,19-21H,9,17H2/t15-,16-/m0/s1. The Morgan fingerprint density at radius 1 is 1.19 bits per heavy atom. The topological polar surface area (TPSA) is 104 Å². The Hall–Kier alpha value is -2.21. The Balaban J connectivity index is 2.30. The number of rotatable bonds is 5. The van der Waals surface area contributed by atoms with Crippen LogP contribution in [0.4, 0.5) is 0 Å². The molecule has 2 aromatic rings. The van der Waals surface area contributed by atoms with Gasteiger partial charge in [-0.25, -0.2) is 0 Å². The highest BCUT2D eigenvalue weighted by atomic mass is 16.4. The van der Waals surface area contributed by atoms with Crippen molar-refractivity contribution in [3.8, 4) is 5.75 Å². The van der Waals surface area contributed by atoms with Gasteiger partial charge in [-0.05, 0) is 23.8 Å². The van der Waals surface area contributed by atoms with Crippen LogP contribution in [0.15, 0.2) is 48.5 Å². The summed E-state index contributed by atoms with van der Waals surface area (Å²) in [6, 6.07) is 12.9. The Bertz CT molecular complexity index is 625. The summed E-state index contributed by atoms with van der Waals surface area (Å²) in [6.45, 7) is 0. The second-order valence-electron chi connectivity index (χ2n) is 4.93. The minimum atomic E-state index is -2.17. The molecule has 2 aromatic carbocycles. The van der Waals surface area contributed by atoms with Crippen LogP contribution in [0.1, 0.15) is 21.5 Å². The maximum absolute atomic E-state index is 10.8. The molecule has 5 N–H and O–H groups in total. The van der Waals surface area contributed by atoms with Crippen LogP contribution in [0.5, 0.6) is 5.75 Å². The summed E-state index contributed by atoms with van der Waals surface area (Å²) in [5.74, 6) is -0.280. The van der Waals surface area contributed by atoms with Crippen LogP contribution in [-0.4, -0.2) is 27.7 Å². The summed E-state index contributed by atoms with van der Waals surface area (Å²) in [5.41, 5.74) is 4.57. The van der Waals surface area contributed by atoms with E-state index in [1.54, 1.807) is 12.1 Å². The molecule has 0 spiro atoms. The predicted octanol–water partition coefficient (Wildman–Crippen LogP) is 0.912. The first-order chi connectivity index (χ1) is 9.95. The molecule has 0 unspecified atom stereocenters. The maximum Gasteiger partial charge on any atom is 0.169 e. The van der Waals surface area contributed by atoms with E-state index in [1.165, 1.54) is 18.2 Å². The number of aliphatic hydroxyl groups excluding tert-OH is 1. The number of aromatic hydroxyl groups is 1. The molecule has 2 rings (SSSR count). The van der Waals surface area contributed by atoms with Crippen molar-refractivity contribution < 1.29 is 20.1 Å². The van der Waals surface area contributed by atoms with Gasteiger partial charge in [-0.1, -0.05) is 30.3 Å². The van der Waals surface area contributed by atoms with Crippen molar-refractivity contribution in [1.82, 2.24) is 0 Å². The van der Waals surface area contributed by atoms with E-state index in [1.807, 2.05) is 18.2 Å². The molecule has 0 fully saturated rings. The summed E-state index contributed by atoms with van der Waals surface area (Å²) in [6.07, 6.45) is -0.658. The predicted molar refractivity (Wildman–Crippen MR) is 77.7 cm³/mol. The summed E-state index contributed by atoms with van der Waals surface area (Å²) in [5, 5.41) is 30.4. The molecular weight excluding hydrogens is 270 g/mol. The fraction of sp³-hybridized carbons (Fsp3) is 0.188. The lowest BCUT2D eigenvalue weighted by Gasteiger charge is -2.30. The van der Waals surface area contributed by atoms with Crippen LogP contribution in [0.3, 0.4) is 0 Å². The van der Waals surface area contributed by atoms with Crippen molar-refractivity contribution >= 4 is 6.29 Å². The third-order valence-electron chi connectivity index (χ3n) is 3.37. The lowest BCUT2D eigenvalue weighted by Crippen LogP contribution is -2.49. The van der Waals surface area contributed by atoms with Crippen LogP contribution < -0.4 is 5.73 Å². The Morgan fingerprint density at radius 3 is 2.48 bits per heavy atom. The van der Waals surface area contributed by atoms with Gasteiger partial charge in [0, 0.05) is 17.5 Å². The highest BCUT2D eigenvalue weighted by molar-refractivity contribution is 5.75. The maximum atomic E-state index is 10.8. The third kappa shape index (κ3) is 3.28. The average Bonchev–Trinajstić information content (AvgIpc) is 2.48. The number of hydrogen-bond acceptors (Lipinski definition) is 5. The van der Waals surface area contributed by atoms with Crippen molar-refractivity contribution in [2.45, 2.75) is 18.2 Å². The SMILES string of the molecule is N[C@](O)(c1cc(C=O)ccc1O)[C@@H](O)Cc1ccccc1. The van der Waals surface area contributed by atoms with Crippen molar-refractivity contribution in [2.75, 3.05) is 0 Å². The summed E-state index contributed by atoms with van der Waals surface area (Å²) in [4.78, 5) is 10.8. The quantitative estimate of drug-likeness (QED) is 0.483. The van der Waals surface area contributed by atoms with Gasteiger partial charge in [0.1, 0.15) is 18.1 Å². The van der Waals surface area contributed by atoms with Crippen LogP contribution in [0.2, 0.25) is 0 Å². The lowest BCUT2D eigenvalue weighted by atomic mass is 9.91. The van der Waals surface area contributed by atoms with Crippen LogP contribution in [0, 0.1) is 0 Å². The largest absolute Gasteiger partial charge is 0.508 e. The van der Waals surface area contributed by atoms with Gasteiger partial charge < -0.3 is 15.3 Å². The van der Waals surface area contributed by atoms with E-state index in [-0.39, 0.29) is 23.3 Å². The molecule has 110 valence electrons. The number of hydrogen-bond donors (Lipinski definition) is 4. The van der Waals surface area contributed by atoms with E-state index in [2.05, 4.69) is 0 Å². The van der Waals surface area contributed by atoms with E-state index in [0.717, 1.165) is 5.56 Å². The van der Waals surface area contributed by atoms with Gasteiger partial charge in [0.2, 0.25) is 0 Å². The first-order valence-corrected chi connectivity index (χ1v) is 6.47. The second kappa shape index (κ2) is 6.05. The van der Waals surface area contributed by atoms with Gasteiger partial charge in [0.15, 0.2) is 5.72 Å². The molecule has 0 saturated carbocycles. The molecule has 21 heavy (non-hydrogen) atoms. The van der Waals surface area contributed by atoms with Gasteiger partial charge >= 0.3 is 0 Å². The highest BCUT2D eigenvalue weighted by Gasteiger charge is 2.35. The smallest absolute Gasteiger partial charge is 0.169 e. The number of phenols is 1. The number of benzene rings is 2. The van der Waals surface area contributed by atoms with E-state index < -0.39 is 11.8 Å². The number of carbonyl (C=O) groups excluding carboxylic acids is 1. The van der Waals surface area contributed by atoms with Gasteiger partial charge in [-0.2, -0.15) is 0 Å². The summed E-state index contributed by atoms with van der Waals surface area (Å²) >= 11 is 0. The Labute approximate surface area is 122 Å². The third-order valence-corrected chi connectivity index (χ3v) is 3.37. The molecule has 0 saturated heterocycles. The van der Waals surface area contributed by atoms with E-state index in [4.69, 9.17) is 5.73 Å². The second-order valence-corrected chi connectivity index (χ2v) is 4.93. The Morgan fingerprint density at radius 2 is 1.86 bits per heavy atom. The molecule has 5 nitrogen and oxygen atoms in total. The van der Waals surface area contributed by atoms with Crippen LogP contribution in [-0.2, 0) is 12.1 Å². The van der Waals surface area contributed by atoms with Gasteiger partial charge in [0.25, 0.3) is 0 Å². The molecule has 0 aliphatic carbocycles. The van der Waals surface area contributed by atoms with E-state index in [9.17, 15) is 20.1 Å². The molecule has 0 aliphatic heterocycles. The highest BCUT2D eigenvalue weighted by Crippen LogP contribution is 2.30. The normalized spacial score (nSPS) is 15.2. The van der Waals surface area contributed by atoms with Crippen molar-refractivity contribution in [3.05, 3.63) is 65.2 Å². The van der Waals surface area contributed by atoms with Crippen LogP contribution in [0.25, 0.3) is 0 Å². The molecule has 0 radical (unpaired) electrons. The molecule has 0 aliphatic rings. The van der Waals surface area contributed by atoms with E-state index in [0.29, 0.717) is 6.29 Å². The summed E-state index contributed by atoms with van der Waals surface area (Å²) < 4.78 is 0. The van der Waals surface area contributed by atoms with E-state index >= 15 is 0 Å². The van der Waals surface area contributed by atoms with Gasteiger partial charge in [-0.3, -0.25) is 10.5 Å². The average molecular weight is 287 g/mol. The molecule has 0 heterocycles. The number of carbonyl (C=O) groups is 1. The van der Waals surface area contributed by atoms with Gasteiger partial charge in [0.05, 0.1) is 0 Å². The number of aldehydes is 1. The molecule has 2 atom stereocenters. The fourth-order valence-corrected chi connectivity index (χ4v) is 2.12. The minimum Gasteiger partial charge on any atom is -0.508 e. The molecule has 5 heteroatoms. The number of nitrogens with two attached hydrogens (primary N) is 1. The molecule has 0 bridgehead atoms. The molecular formula is C16H17NO4. The summed E-state index contributed by atoms with van der Waals surface area (Å²) in [7, 11) is 0. The van der Waals surface area contributed by atoms with Crippen molar-refractivity contribution in [2.24, 2.45) is 5.73 Å². The molecule has 0 aromatic heterocycles. The zero-order chi connectivity index (χ0) is 15.5. The number of aliphatic hydroxyl groups is 2. The van der Waals surface area contributed by atoms with Crippen LogP contribution >= 0.6 is 0 Å².